The minimum Gasteiger partial charge on any atom is -0.481 e. The molecule has 2 atom stereocenters. The van der Waals surface area contributed by atoms with Crippen LogP contribution in [0.3, 0.4) is 0 Å². The highest BCUT2D eigenvalue weighted by molar-refractivity contribution is 5.97. The Morgan fingerprint density at radius 1 is 1.34 bits per heavy atom. The first-order valence-electron chi connectivity index (χ1n) is 9.40. The lowest BCUT2D eigenvalue weighted by atomic mass is 9.72. The SMILES string of the molecule is CCOc1ncccc1C(=O)N1CC[C@@H](O)[C@](Cc2cccc(F)c2)(C(=O)O)C1. The van der Waals surface area contributed by atoms with E-state index in [1.165, 1.54) is 29.3 Å². The fourth-order valence-corrected chi connectivity index (χ4v) is 3.70. The van der Waals surface area contributed by atoms with Gasteiger partial charge in [0, 0.05) is 19.3 Å². The number of halogens is 1. The Labute approximate surface area is 167 Å². The van der Waals surface area contributed by atoms with Gasteiger partial charge in [0.25, 0.3) is 5.91 Å². The van der Waals surface area contributed by atoms with Crippen LogP contribution in [0, 0.1) is 11.2 Å². The van der Waals surface area contributed by atoms with E-state index in [2.05, 4.69) is 4.98 Å². The Hall–Kier alpha value is -3.00. The molecular weight excluding hydrogens is 379 g/mol. The van der Waals surface area contributed by atoms with E-state index < -0.39 is 29.2 Å². The van der Waals surface area contributed by atoms with Crippen LogP contribution in [-0.2, 0) is 11.2 Å². The van der Waals surface area contributed by atoms with Crippen LogP contribution in [0.1, 0.15) is 29.3 Å². The molecule has 1 aliphatic heterocycles. The van der Waals surface area contributed by atoms with Gasteiger partial charge in [-0.2, -0.15) is 0 Å². The Kier molecular flexibility index (Phi) is 6.12. The normalized spacial score (nSPS) is 21.6. The minimum absolute atomic E-state index is 0.0948. The molecule has 2 heterocycles. The summed E-state index contributed by atoms with van der Waals surface area (Å²) in [4.78, 5) is 30.8. The number of carboxylic acids is 1. The van der Waals surface area contributed by atoms with Gasteiger partial charge < -0.3 is 19.8 Å². The van der Waals surface area contributed by atoms with Crippen LogP contribution < -0.4 is 4.74 Å². The van der Waals surface area contributed by atoms with Crippen molar-refractivity contribution in [3.05, 3.63) is 59.5 Å². The third-order valence-electron chi connectivity index (χ3n) is 5.19. The minimum atomic E-state index is -1.64. The Bertz CT molecular complexity index is 906. The molecule has 2 aromatic rings. The molecular formula is C21H23FN2O5. The summed E-state index contributed by atoms with van der Waals surface area (Å²) < 4.78 is 19.0. The number of aliphatic carboxylic acids is 1. The van der Waals surface area contributed by atoms with Crippen LogP contribution in [0.15, 0.2) is 42.6 Å². The molecule has 8 heteroatoms. The Morgan fingerprint density at radius 3 is 2.83 bits per heavy atom. The first-order chi connectivity index (χ1) is 13.9. The molecule has 154 valence electrons. The highest BCUT2D eigenvalue weighted by Crippen LogP contribution is 2.36. The van der Waals surface area contributed by atoms with E-state index in [9.17, 15) is 24.2 Å². The fraction of sp³-hybridized carbons (Fsp3) is 0.381. The number of likely N-dealkylation sites (tertiary alicyclic amines) is 1. The summed E-state index contributed by atoms with van der Waals surface area (Å²) in [6.07, 6.45) is 0.328. The molecule has 7 nitrogen and oxygen atoms in total. The summed E-state index contributed by atoms with van der Waals surface area (Å²) in [7, 11) is 0. The number of ether oxygens (including phenoxy) is 1. The van der Waals surface area contributed by atoms with Crippen molar-refractivity contribution in [2.75, 3.05) is 19.7 Å². The molecule has 1 amide bonds. The number of carbonyl (C=O) groups is 2. The first-order valence-corrected chi connectivity index (χ1v) is 9.40. The lowest BCUT2D eigenvalue weighted by Gasteiger charge is -2.43. The van der Waals surface area contributed by atoms with E-state index in [1.807, 2.05) is 0 Å². The van der Waals surface area contributed by atoms with Crippen LogP contribution in [0.2, 0.25) is 0 Å². The van der Waals surface area contributed by atoms with Gasteiger partial charge in [0.15, 0.2) is 0 Å². The van der Waals surface area contributed by atoms with E-state index >= 15 is 0 Å². The van der Waals surface area contributed by atoms with Gasteiger partial charge in [0.2, 0.25) is 5.88 Å². The average molecular weight is 402 g/mol. The van der Waals surface area contributed by atoms with Crippen LogP contribution in [0.5, 0.6) is 5.88 Å². The zero-order valence-electron chi connectivity index (χ0n) is 16.0. The molecule has 0 radical (unpaired) electrons. The molecule has 1 aromatic carbocycles. The zero-order chi connectivity index (χ0) is 21.0. The van der Waals surface area contributed by atoms with Crippen molar-refractivity contribution in [3.8, 4) is 5.88 Å². The third kappa shape index (κ3) is 4.22. The predicted octanol–water partition coefficient (Wildman–Crippen LogP) is 2.14. The summed E-state index contributed by atoms with van der Waals surface area (Å²) in [5, 5.41) is 20.5. The number of carboxylic acid groups (broad SMARTS) is 1. The van der Waals surface area contributed by atoms with E-state index in [1.54, 1.807) is 25.1 Å². The van der Waals surface area contributed by atoms with E-state index in [0.717, 1.165) is 0 Å². The number of aliphatic hydroxyl groups is 1. The second-order valence-corrected chi connectivity index (χ2v) is 7.09. The largest absolute Gasteiger partial charge is 0.481 e. The molecule has 3 rings (SSSR count). The van der Waals surface area contributed by atoms with E-state index in [0.29, 0.717) is 12.2 Å². The molecule has 0 unspecified atom stereocenters. The number of nitrogens with zero attached hydrogens (tertiary/aromatic N) is 2. The highest BCUT2D eigenvalue weighted by atomic mass is 19.1. The van der Waals surface area contributed by atoms with Crippen LogP contribution in [0.4, 0.5) is 4.39 Å². The lowest BCUT2D eigenvalue weighted by Crippen LogP contribution is -2.58. The number of rotatable bonds is 6. The maximum absolute atomic E-state index is 13.6. The number of aromatic nitrogens is 1. The predicted molar refractivity (Wildman–Crippen MR) is 102 cm³/mol. The zero-order valence-corrected chi connectivity index (χ0v) is 16.0. The van der Waals surface area contributed by atoms with Gasteiger partial charge in [-0.1, -0.05) is 12.1 Å². The van der Waals surface area contributed by atoms with Gasteiger partial charge in [-0.3, -0.25) is 9.59 Å². The molecule has 1 fully saturated rings. The van der Waals surface area contributed by atoms with Crippen LogP contribution >= 0.6 is 0 Å². The van der Waals surface area contributed by atoms with Crippen molar-refractivity contribution < 1.29 is 28.9 Å². The summed E-state index contributed by atoms with van der Waals surface area (Å²) in [6.45, 7) is 2.08. The van der Waals surface area contributed by atoms with Gasteiger partial charge >= 0.3 is 5.97 Å². The molecule has 1 aliphatic rings. The maximum atomic E-state index is 13.6. The molecule has 0 saturated carbocycles. The second kappa shape index (κ2) is 8.57. The quantitative estimate of drug-likeness (QED) is 0.768. The number of pyridine rings is 1. The summed E-state index contributed by atoms with van der Waals surface area (Å²) in [5.41, 5.74) is -0.969. The molecule has 1 saturated heterocycles. The fourth-order valence-electron chi connectivity index (χ4n) is 3.70. The molecule has 0 spiro atoms. The number of piperidine rings is 1. The molecule has 2 N–H and O–H groups in total. The Balaban J connectivity index is 1.91. The van der Waals surface area contributed by atoms with Gasteiger partial charge in [-0.25, -0.2) is 9.37 Å². The number of benzene rings is 1. The second-order valence-electron chi connectivity index (χ2n) is 7.09. The Morgan fingerprint density at radius 2 is 2.14 bits per heavy atom. The van der Waals surface area contributed by atoms with Crippen molar-refractivity contribution in [3.63, 3.8) is 0 Å². The van der Waals surface area contributed by atoms with Gasteiger partial charge in [0.1, 0.15) is 16.8 Å². The van der Waals surface area contributed by atoms with Gasteiger partial charge in [-0.05, 0) is 49.6 Å². The monoisotopic (exact) mass is 402 g/mol. The van der Waals surface area contributed by atoms with Crippen molar-refractivity contribution in [1.29, 1.82) is 0 Å². The van der Waals surface area contributed by atoms with Gasteiger partial charge in [-0.15, -0.1) is 0 Å². The van der Waals surface area contributed by atoms with Crippen molar-refractivity contribution in [2.24, 2.45) is 5.41 Å². The number of hydrogen-bond acceptors (Lipinski definition) is 5. The number of hydrogen-bond donors (Lipinski definition) is 2. The number of amides is 1. The van der Waals surface area contributed by atoms with Gasteiger partial charge in [0.05, 0.1) is 12.7 Å². The summed E-state index contributed by atoms with van der Waals surface area (Å²) in [6, 6.07) is 8.78. The first kappa shape index (κ1) is 20.7. The van der Waals surface area contributed by atoms with Crippen molar-refractivity contribution >= 4 is 11.9 Å². The molecule has 0 bridgehead atoms. The highest BCUT2D eigenvalue weighted by Gasteiger charge is 2.50. The standard InChI is InChI=1S/C21H23FN2O5/c1-2-29-18-16(7-4-9-23-18)19(26)24-10-8-17(25)21(13-24,20(27)28)12-14-5-3-6-15(22)11-14/h3-7,9,11,17,25H,2,8,10,12-13H2,1H3,(H,27,28)/t17-,21-/m1/s1. The van der Waals surface area contributed by atoms with Crippen LogP contribution in [-0.4, -0.2) is 57.8 Å². The lowest BCUT2D eigenvalue weighted by molar-refractivity contribution is -0.161. The topological polar surface area (TPSA) is 100.0 Å². The van der Waals surface area contributed by atoms with Crippen LogP contribution in [0.25, 0.3) is 0 Å². The maximum Gasteiger partial charge on any atom is 0.314 e. The van der Waals surface area contributed by atoms with E-state index in [4.69, 9.17) is 4.74 Å². The third-order valence-corrected chi connectivity index (χ3v) is 5.19. The average Bonchev–Trinajstić information content (AvgIpc) is 2.70. The van der Waals surface area contributed by atoms with E-state index in [-0.39, 0.29) is 37.4 Å². The van der Waals surface area contributed by atoms with Crippen molar-refractivity contribution in [2.45, 2.75) is 25.9 Å². The number of aliphatic hydroxyl groups excluding tert-OH is 1. The summed E-state index contributed by atoms with van der Waals surface area (Å²) >= 11 is 0. The number of carbonyl (C=O) groups excluding carboxylic acids is 1. The molecule has 0 aliphatic carbocycles. The smallest absolute Gasteiger partial charge is 0.314 e. The molecule has 29 heavy (non-hydrogen) atoms. The van der Waals surface area contributed by atoms with Crippen molar-refractivity contribution in [1.82, 2.24) is 9.88 Å². The summed E-state index contributed by atoms with van der Waals surface area (Å²) in [5.74, 6) is -1.96. The molecule has 1 aromatic heterocycles.